The third-order valence-electron chi connectivity index (χ3n) is 4.95. The summed E-state index contributed by atoms with van der Waals surface area (Å²) >= 11 is 0. The van der Waals surface area contributed by atoms with Crippen molar-refractivity contribution in [2.75, 3.05) is 13.2 Å². The van der Waals surface area contributed by atoms with Crippen molar-refractivity contribution in [3.8, 4) is 17.1 Å². The molecular formula is C26H29NO5. The lowest BCUT2D eigenvalue weighted by molar-refractivity contribution is -0.143. The number of para-hydroxylation sites is 1. The van der Waals surface area contributed by atoms with E-state index in [1.54, 1.807) is 18.4 Å². The van der Waals surface area contributed by atoms with Gasteiger partial charge in [-0.25, -0.2) is 0 Å². The van der Waals surface area contributed by atoms with Crippen molar-refractivity contribution in [1.29, 1.82) is 0 Å². The summed E-state index contributed by atoms with van der Waals surface area (Å²) in [6.07, 6.45) is 4.60. The second-order valence-electron chi connectivity index (χ2n) is 7.31. The van der Waals surface area contributed by atoms with Crippen molar-refractivity contribution < 1.29 is 23.5 Å². The summed E-state index contributed by atoms with van der Waals surface area (Å²) in [5.41, 5.74) is 2.42. The summed E-state index contributed by atoms with van der Waals surface area (Å²) in [4.78, 5) is 23.9. The topological polar surface area (TPSA) is 77.8 Å². The number of ether oxygens (including phenoxy) is 2. The number of esters is 1. The van der Waals surface area contributed by atoms with E-state index in [1.165, 1.54) is 0 Å². The van der Waals surface area contributed by atoms with Gasteiger partial charge in [-0.05, 0) is 56.5 Å². The number of furan rings is 1. The number of hydrogen-bond acceptors (Lipinski definition) is 5. The number of hydrogen-bond donors (Lipinski definition) is 1. The Morgan fingerprint density at radius 3 is 2.50 bits per heavy atom. The molecule has 0 atom stereocenters. The van der Waals surface area contributed by atoms with Crippen molar-refractivity contribution in [1.82, 2.24) is 5.32 Å². The van der Waals surface area contributed by atoms with Crippen molar-refractivity contribution in [2.45, 2.75) is 39.2 Å². The molecule has 0 aliphatic rings. The number of carbonyl (C=O) groups is 2. The number of benzene rings is 2. The summed E-state index contributed by atoms with van der Waals surface area (Å²) in [7, 11) is 0. The van der Waals surface area contributed by atoms with Gasteiger partial charge in [0.2, 0.25) is 0 Å². The zero-order chi connectivity index (χ0) is 22.6. The molecule has 1 aromatic heterocycles. The third-order valence-corrected chi connectivity index (χ3v) is 4.95. The molecule has 3 aromatic rings. The molecular weight excluding hydrogens is 406 g/mol. The Hall–Kier alpha value is -3.54. The second-order valence-corrected chi connectivity index (χ2v) is 7.31. The Labute approximate surface area is 188 Å². The van der Waals surface area contributed by atoms with E-state index < -0.39 is 0 Å². The van der Waals surface area contributed by atoms with Crippen LogP contribution >= 0.6 is 0 Å². The normalized spacial score (nSPS) is 10.5. The standard InChI is InChI=1S/C26H29NO5/c1-2-30-25(28)12-4-3-7-17-31-24-10-6-5-9-22(24)19-27-26(29)21-15-13-20(14-16-21)23-11-8-18-32-23/h5-6,8-11,13-16,18H,2-4,7,12,17,19H2,1H3,(H,27,29). The molecule has 2 aromatic carbocycles. The van der Waals surface area contributed by atoms with Crippen LogP contribution in [0.2, 0.25) is 0 Å². The van der Waals surface area contributed by atoms with Crippen LogP contribution in [0.4, 0.5) is 0 Å². The Balaban J connectivity index is 1.44. The second kappa shape index (κ2) is 12.3. The number of carbonyl (C=O) groups excluding carboxylic acids is 2. The van der Waals surface area contributed by atoms with Crippen molar-refractivity contribution in [3.05, 3.63) is 78.1 Å². The summed E-state index contributed by atoms with van der Waals surface area (Å²) in [5, 5.41) is 2.95. The smallest absolute Gasteiger partial charge is 0.305 e. The molecule has 6 nitrogen and oxygen atoms in total. The Morgan fingerprint density at radius 2 is 1.75 bits per heavy atom. The van der Waals surface area contributed by atoms with Gasteiger partial charge < -0.3 is 19.2 Å². The molecule has 0 fully saturated rings. The van der Waals surface area contributed by atoms with Gasteiger partial charge in [-0.2, -0.15) is 0 Å². The first-order chi connectivity index (χ1) is 15.7. The molecule has 0 saturated carbocycles. The molecule has 6 heteroatoms. The van der Waals surface area contributed by atoms with E-state index in [2.05, 4.69) is 5.32 Å². The summed E-state index contributed by atoms with van der Waals surface area (Å²) in [6.45, 7) is 3.16. The molecule has 0 unspecified atom stereocenters. The molecule has 168 valence electrons. The first kappa shape index (κ1) is 23.1. The zero-order valence-electron chi connectivity index (χ0n) is 18.3. The summed E-state index contributed by atoms with van der Waals surface area (Å²) < 4.78 is 16.2. The molecule has 0 aliphatic carbocycles. The predicted octanol–water partition coefficient (Wildman–Crippen LogP) is 5.38. The van der Waals surface area contributed by atoms with E-state index in [0.717, 1.165) is 41.9 Å². The third kappa shape index (κ3) is 7.01. The number of unbranched alkanes of at least 4 members (excludes halogenated alkanes) is 2. The minimum absolute atomic E-state index is 0.148. The molecule has 0 bridgehead atoms. The minimum atomic E-state index is -0.148. The van der Waals surface area contributed by atoms with Gasteiger partial charge in [-0.15, -0.1) is 0 Å². The van der Waals surface area contributed by atoms with Gasteiger partial charge >= 0.3 is 5.97 Å². The maximum Gasteiger partial charge on any atom is 0.305 e. The van der Waals surface area contributed by atoms with Gasteiger partial charge in [-0.1, -0.05) is 30.3 Å². The Morgan fingerprint density at radius 1 is 0.938 bits per heavy atom. The molecule has 1 heterocycles. The van der Waals surface area contributed by atoms with Crippen LogP contribution in [0.15, 0.2) is 71.3 Å². The molecule has 32 heavy (non-hydrogen) atoms. The average Bonchev–Trinajstić information content (AvgIpc) is 3.36. The highest BCUT2D eigenvalue weighted by Crippen LogP contribution is 2.21. The lowest BCUT2D eigenvalue weighted by atomic mass is 10.1. The van der Waals surface area contributed by atoms with E-state index in [-0.39, 0.29) is 11.9 Å². The molecule has 0 aliphatic heterocycles. The van der Waals surface area contributed by atoms with E-state index in [0.29, 0.717) is 31.7 Å². The molecule has 0 radical (unpaired) electrons. The minimum Gasteiger partial charge on any atom is -0.493 e. The monoisotopic (exact) mass is 435 g/mol. The fourth-order valence-electron chi connectivity index (χ4n) is 3.26. The van der Waals surface area contributed by atoms with Crippen LogP contribution in [0.25, 0.3) is 11.3 Å². The van der Waals surface area contributed by atoms with Crippen molar-refractivity contribution in [2.24, 2.45) is 0 Å². The first-order valence-corrected chi connectivity index (χ1v) is 11.0. The molecule has 1 N–H and O–H groups in total. The lowest BCUT2D eigenvalue weighted by Gasteiger charge is -2.12. The van der Waals surface area contributed by atoms with Crippen LogP contribution in [-0.2, 0) is 16.1 Å². The van der Waals surface area contributed by atoms with Crippen molar-refractivity contribution in [3.63, 3.8) is 0 Å². The quantitative estimate of drug-likeness (QED) is 0.305. The molecule has 3 rings (SSSR count). The van der Waals surface area contributed by atoms with Crippen LogP contribution in [-0.4, -0.2) is 25.1 Å². The van der Waals surface area contributed by atoms with Crippen LogP contribution in [0.3, 0.4) is 0 Å². The highest BCUT2D eigenvalue weighted by atomic mass is 16.5. The van der Waals surface area contributed by atoms with E-state index in [4.69, 9.17) is 13.9 Å². The molecule has 1 amide bonds. The van der Waals surface area contributed by atoms with E-state index in [9.17, 15) is 9.59 Å². The van der Waals surface area contributed by atoms with E-state index >= 15 is 0 Å². The van der Waals surface area contributed by atoms with Crippen LogP contribution in [0.5, 0.6) is 5.75 Å². The maximum absolute atomic E-state index is 12.5. The SMILES string of the molecule is CCOC(=O)CCCCCOc1ccccc1CNC(=O)c1ccc(-c2ccco2)cc1. The Kier molecular flexibility index (Phi) is 8.92. The van der Waals surface area contributed by atoms with Gasteiger partial charge in [-0.3, -0.25) is 9.59 Å². The molecule has 0 saturated heterocycles. The van der Waals surface area contributed by atoms with Crippen molar-refractivity contribution >= 4 is 11.9 Å². The van der Waals surface area contributed by atoms with Gasteiger partial charge in [0.1, 0.15) is 11.5 Å². The average molecular weight is 436 g/mol. The zero-order valence-corrected chi connectivity index (χ0v) is 18.3. The lowest BCUT2D eigenvalue weighted by Crippen LogP contribution is -2.23. The Bertz CT molecular complexity index is 980. The fourth-order valence-corrected chi connectivity index (χ4v) is 3.26. The molecule has 0 spiro atoms. The number of nitrogens with one attached hydrogen (secondary N) is 1. The fraction of sp³-hybridized carbons (Fsp3) is 0.308. The largest absolute Gasteiger partial charge is 0.493 e. The maximum atomic E-state index is 12.5. The van der Waals surface area contributed by atoms with Gasteiger partial charge in [0.05, 0.1) is 19.5 Å². The first-order valence-electron chi connectivity index (χ1n) is 11.0. The van der Waals surface area contributed by atoms with Crippen LogP contribution < -0.4 is 10.1 Å². The van der Waals surface area contributed by atoms with Crippen LogP contribution in [0.1, 0.15) is 48.5 Å². The van der Waals surface area contributed by atoms with Gasteiger partial charge in [0, 0.05) is 29.7 Å². The summed E-state index contributed by atoms with van der Waals surface area (Å²) in [6, 6.07) is 18.7. The van der Waals surface area contributed by atoms with Gasteiger partial charge in [0.15, 0.2) is 0 Å². The number of amides is 1. The number of rotatable bonds is 12. The van der Waals surface area contributed by atoms with Crippen LogP contribution in [0, 0.1) is 0 Å². The van der Waals surface area contributed by atoms with Gasteiger partial charge in [0.25, 0.3) is 5.91 Å². The van der Waals surface area contributed by atoms with E-state index in [1.807, 2.05) is 55.5 Å². The predicted molar refractivity (Wildman–Crippen MR) is 122 cm³/mol. The highest BCUT2D eigenvalue weighted by Gasteiger charge is 2.09. The summed E-state index contributed by atoms with van der Waals surface area (Å²) in [5.74, 6) is 1.23. The highest BCUT2D eigenvalue weighted by molar-refractivity contribution is 5.94.